The van der Waals surface area contributed by atoms with Gasteiger partial charge in [0.25, 0.3) is 17.4 Å². The molecule has 1 aromatic carbocycles. The summed E-state index contributed by atoms with van der Waals surface area (Å²) in [6.45, 7) is -1.34. The third kappa shape index (κ3) is 4.48. The molecule has 38 heavy (non-hydrogen) atoms. The number of aliphatic hydroxyl groups excluding tert-OH is 1. The van der Waals surface area contributed by atoms with Crippen molar-refractivity contribution in [3.05, 3.63) is 58.6 Å². The molecule has 2 unspecified atom stereocenters. The fourth-order valence-electron chi connectivity index (χ4n) is 4.07. The number of aromatic nitrogens is 4. The highest BCUT2D eigenvalue weighted by Gasteiger charge is 2.40. The number of rotatable bonds is 6. The lowest BCUT2D eigenvalue weighted by atomic mass is 10.1. The van der Waals surface area contributed by atoms with Gasteiger partial charge in [-0.3, -0.25) is 23.9 Å². The van der Waals surface area contributed by atoms with Crippen LogP contribution in [-0.2, 0) is 14.3 Å². The normalized spacial score (nSPS) is 16.8. The summed E-state index contributed by atoms with van der Waals surface area (Å²) in [6.07, 6.45) is -2.43. The molecule has 0 bridgehead atoms. The number of halogens is 2. The lowest BCUT2D eigenvalue weighted by molar-refractivity contribution is -0.150. The van der Waals surface area contributed by atoms with E-state index >= 15 is 0 Å². The summed E-state index contributed by atoms with van der Waals surface area (Å²) in [5.41, 5.74) is 6.05. The highest BCUT2D eigenvalue weighted by molar-refractivity contribution is 6.04. The molecule has 1 aliphatic rings. The predicted octanol–water partition coefficient (Wildman–Crippen LogP) is 1.19. The first-order chi connectivity index (χ1) is 18.1. The van der Waals surface area contributed by atoms with Crippen LogP contribution in [0.5, 0.6) is 0 Å². The van der Waals surface area contributed by atoms with Gasteiger partial charge in [0.05, 0.1) is 24.2 Å². The van der Waals surface area contributed by atoms with Crippen LogP contribution >= 0.6 is 0 Å². The third-order valence-corrected chi connectivity index (χ3v) is 5.97. The van der Waals surface area contributed by atoms with Gasteiger partial charge in [-0.2, -0.15) is 8.78 Å². The lowest BCUT2D eigenvalue weighted by Gasteiger charge is -2.32. The first kappa shape index (κ1) is 25.0. The minimum atomic E-state index is -3.04. The van der Waals surface area contributed by atoms with Crippen molar-refractivity contribution in [1.29, 1.82) is 0 Å². The van der Waals surface area contributed by atoms with E-state index in [1.807, 2.05) is 0 Å². The number of amides is 2. The molecule has 1 fully saturated rings. The number of benzene rings is 1. The molecule has 4 heterocycles. The number of aryl methyl sites for hydroxylation is 1. The number of pyridine rings is 1. The molecule has 4 aromatic rings. The van der Waals surface area contributed by atoms with Gasteiger partial charge >= 0.3 is 6.55 Å². The van der Waals surface area contributed by atoms with Gasteiger partial charge in [-0.15, -0.1) is 5.10 Å². The first-order valence-electron chi connectivity index (χ1n) is 11.3. The smallest absolute Gasteiger partial charge is 0.321 e. The van der Waals surface area contributed by atoms with Crippen LogP contribution in [0.2, 0.25) is 0 Å². The van der Waals surface area contributed by atoms with Gasteiger partial charge < -0.3 is 25.4 Å². The summed E-state index contributed by atoms with van der Waals surface area (Å²) in [5, 5.41) is 21.6. The van der Waals surface area contributed by atoms with E-state index in [-0.39, 0.29) is 40.7 Å². The van der Waals surface area contributed by atoms with E-state index in [0.29, 0.717) is 16.7 Å². The Balaban J connectivity index is 1.34. The number of alkyl halides is 2. The molecule has 0 aliphatic carbocycles. The van der Waals surface area contributed by atoms with E-state index in [2.05, 4.69) is 15.6 Å². The molecule has 4 N–H and O–H groups in total. The molecule has 0 saturated carbocycles. The third-order valence-electron chi connectivity index (χ3n) is 5.97. The Bertz CT molecular complexity index is 1600. The molecule has 0 radical (unpaired) electrons. The molecular weight excluding hydrogens is 508 g/mol. The van der Waals surface area contributed by atoms with Crippen LogP contribution in [-0.4, -0.2) is 61.8 Å². The summed E-state index contributed by atoms with van der Waals surface area (Å²) >= 11 is 0. The monoisotopic (exact) mass is 529 g/mol. The number of nitrogen functional groups attached to an aromatic ring is 1. The summed E-state index contributed by atoms with van der Waals surface area (Å²) in [6, 6.07) is 8.42. The Morgan fingerprint density at radius 1 is 1.24 bits per heavy atom. The van der Waals surface area contributed by atoms with E-state index in [0.717, 1.165) is 12.3 Å². The van der Waals surface area contributed by atoms with Gasteiger partial charge in [0.1, 0.15) is 0 Å². The van der Waals surface area contributed by atoms with Gasteiger partial charge in [0, 0.05) is 35.8 Å². The number of fused-ring (bicyclic) bond motifs is 1. The van der Waals surface area contributed by atoms with Crippen LogP contribution < -0.4 is 21.5 Å². The van der Waals surface area contributed by atoms with Crippen LogP contribution in [0.15, 0.2) is 51.9 Å². The number of aliphatic hydroxyl groups is 1. The van der Waals surface area contributed by atoms with Crippen LogP contribution in [0.1, 0.15) is 12.2 Å². The van der Waals surface area contributed by atoms with E-state index in [9.17, 15) is 28.3 Å². The second kappa shape index (κ2) is 9.68. The van der Waals surface area contributed by atoms with E-state index < -0.39 is 36.1 Å². The summed E-state index contributed by atoms with van der Waals surface area (Å²) in [5.74, 6) is -1.28. The van der Waals surface area contributed by atoms with Crippen molar-refractivity contribution in [2.75, 3.05) is 29.1 Å². The molecule has 198 valence electrons. The fourth-order valence-corrected chi connectivity index (χ4v) is 4.07. The molecule has 13 nitrogen and oxygen atoms in total. The number of nitrogens with zero attached hydrogens (tertiary/aromatic N) is 5. The Morgan fingerprint density at radius 3 is 2.79 bits per heavy atom. The zero-order valence-corrected chi connectivity index (χ0v) is 19.7. The molecule has 5 rings (SSSR count). The Hall–Kier alpha value is -4.63. The summed E-state index contributed by atoms with van der Waals surface area (Å²) < 4.78 is 38.3. The standard InChI is InChI=1S/C23H21F2N7O6/c1-11-8-16(28-32(11)13-3-5-17(33)31(10-13)23(24)25)30-6-7-37-19(22(30)36)18(34)21(35)27-12-2-4-14-15(9-12)38-29-20(14)26/h2-5,8-10,18-19,23,34H,6-7H2,1H3,(H2,26,29)(H,27,35). The SMILES string of the molecule is Cc1cc(N2CCOC(C(O)C(=O)Nc3ccc4c(N)noc4c3)C2=O)nn1-c1ccc(=O)n(C(F)F)c1. The van der Waals surface area contributed by atoms with Crippen molar-refractivity contribution in [1.82, 2.24) is 19.5 Å². The molecular formula is C23H21F2N7O6. The largest absolute Gasteiger partial charge is 0.380 e. The molecule has 2 atom stereocenters. The average Bonchev–Trinajstić information content (AvgIpc) is 3.46. The van der Waals surface area contributed by atoms with Crippen LogP contribution in [0.25, 0.3) is 16.7 Å². The minimum Gasteiger partial charge on any atom is -0.380 e. The highest BCUT2D eigenvalue weighted by atomic mass is 19.3. The van der Waals surface area contributed by atoms with Gasteiger partial charge in [-0.1, -0.05) is 5.16 Å². The van der Waals surface area contributed by atoms with Crippen LogP contribution in [0.3, 0.4) is 0 Å². The topological polar surface area (TPSA) is 171 Å². The van der Waals surface area contributed by atoms with Crippen molar-refractivity contribution in [2.24, 2.45) is 0 Å². The van der Waals surface area contributed by atoms with Crippen molar-refractivity contribution in [3.63, 3.8) is 0 Å². The molecule has 3 aromatic heterocycles. The van der Waals surface area contributed by atoms with Crippen LogP contribution in [0, 0.1) is 6.92 Å². The number of morpholine rings is 1. The van der Waals surface area contributed by atoms with Crippen molar-refractivity contribution in [2.45, 2.75) is 25.7 Å². The van der Waals surface area contributed by atoms with Gasteiger partial charge in [0.15, 0.2) is 29.4 Å². The van der Waals surface area contributed by atoms with Gasteiger partial charge in [-0.25, -0.2) is 4.68 Å². The quantitative estimate of drug-likeness (QED) is 0.332. The zero-order chi connectivity index (χ0) is 27.1. The van der Waals surface area contributed by atoms with Crippen molar-refractivity contribution < 1.29 is 32.7 Å². The summed E-state index contributed by atoms with van der Waals surface area (Å²) in [7, 11) is 0. The maximum atomic E-state index is 13.2. The molecule has 0 spiro atoms. The van der Waals surface area contributed by atoms with E-state index in [1.165, 1.54) is 33.8 Å². The fraction of sp³-hybridized carbons (Fsp3) is 0.261. The van der Waals surface area contributed by atoms with Crippen molar-refractivity contribution >= 4 is 40.1 Å². The molecule has 15 heteroatoms. The van der Waals surface area contributed by atoms with Crippen LogP contribution in [0.4, 0.5) is 26.1 Å². The molecule has 1 aliphatic heterocycles. The van der Waals surface area contributed by atoms with Crippen molar-refractivity contribution in [3.8, 4) is 5.69 Å². The summed E-state index contributed by atoms with van der Waals surface area (Å²) in [4.78, 5) is 38.8. The number of ether oxygens (including phenoxy) is 1. The lowest BCUT2D eigenvalue weighted by Crippen LogP contribution is -2.55. The Kier molecular flexibility index (Phi) is 6.38. The Morgan fingerprint density at radius 2 is 2.03 bits per heavy atom. The zero-order valence-electron chi connectivity index (χ0n) is 19.7. The second-order valence-electron chi connectivity index (χ2n) is 8.46. The highest BCUT2D eigenvalue weighted by Crippen LogP contribution is 2.25. The number of nitrogens with two attached hydrogens (primary N) is 1. The molecule has 1 saturated heterocycles. The maximum Gasteiger partial charge on any atom is 0.321 e. The number of carbonyl (C=O) groups excluding carboxylic acids is 2. The van der Waals surface area contributed by atoms with Gasteiger partial charge in [0.2, 0.25) is 0 Å². The number of hydrogen-bond acceptors (Lipinski definition) is 9. The number of carbonyl (C=O) groups is 2. The molecule has 2 amide bonds. The Labute approximate surface area is 212 Å². The number of hydrogen-bond donors (Lipinski definition) is 3. The number of anilines is 3. The minimum absolute atomic E-state index is 0.00772. The maximum absolute atomic E-state index is 13.2. The van der Waals surface area contributed by atoms with Gasteiger partial charge in [-0.05, 0) is 25.1 Å². The van der Waals surface area contributed by atoms with E-state index in [1.54, 1.807) is 13.0 Å². The average molecular weight is 529 g/mol. The van der Waals surface area contributed by atoms with E-state index in [4.69, 9.17) is 15.0 Å². The predicted molar refractivity (Wildman–Crippen MR) is 129 cm³/mol. The first-order valence-corrected chi connectivity index (χ1v) is 11.3. The second-order valence-corrected chi connectivity index (χ2v) is 8.46. The number of nitrogens with one attached hydrogen (secondary N) is 1.